The zero-order chi connectivity index (χ0) is 26.7. The van der Waals surface area contributed by atoms with Crippen LogP contribution in [0.3, 0.4) is 0 Å². The lowest BCUT2D eigenvalue weighted by molar-refractivity contribution is -0.118. The van der Waals surface area contributed by atoms with Gasteiger partial charge in [-0.15, -0.1) is 0 Å². The second-order valence-corrected chi connectivity index (χ2v) is 12.3. The summed E-state index contributed by atoms with van der Waals surface area (Å²) in [4.78, 5) is 23.9. The van der Waals surface area contributed by atoms with Crippen molar-refractivity contribution in [1.82, 2.24) is 8.87 Å². The minimum absolute atomic E-state index is 0.100. The molecular formula is C26H32ClN3O5S. The molecule has 1 heterocycles. The normalized spacial score (nSPS) is 13.2. The smallest absolute Gasteiger partial charge is 0.418 e. The van der Waals surface area contributed by atoms with E-state index in [2.05, 4.69) is 0 Å². The third kappa shape index (κ3) is 7.09. The molecular weight excluding hydrogens is 502 g/mol. The van der Waals surface area contributed by atoms with E-state index in [1.165, 1.54) is 33.1 Å². The van der Waals surface area contributed by atoms with Gasteiger partial charge in [0, 0.05) is 36.1 Å². The lowest BCUT2D eigenvalue weighted by Crippen LogP contribution is -2.34. The average Bonchev–Trinajstić information content (AvgIpc) is 3.20. The van der Waals surface area contributed by atoms with Crippen LogP contribution >= 0.6 is 11.6 Å². The number of carbonyl (C=O) groups is 2. The molecule has 0 aliphatic heterocycles. The van der Waals surface area contributed by atoms with Crippen LogP contribution < -0.4 is 5.73 Å². The molecule has 1 aromatic heterocycles. The number of rotatable bonds is 9. The summed E-state index contributed by atoms with van der Waals surface area (Å²) in [5.41, 5.74) is 6.06. The van der Waals surface area contributed by atoms with Gasteiger partial charge in [0.05, 0.1) is 10.4 Å². The summed E-state index contributed by atoms with van der Waals surface area (Å²) in [6.07, 6.45) is 1.80. The van der Waals surface area contributed by atoms with Crippen molar-refractivity contribution >= 4 is 44.5 Å². The molecule has 0 spiro atoms. The predicted octanol–water partition coefficient (Wildman–Crippen LogP) is 5.17. The average molecular weight is 534 g/mol. The fourth-order valence-electron chi connectivity index (χ4n) is 3.80. The van der Waals surface area contributed by atoms with Gasteiger partial charge in [-0.3, -0.25) is 9.36 Å². The summed E-state index contributed by atoms with van der Waals surface area (Å²) in [6.45, 7) is 7.60. The van der Waals surface area contributed by atoms with Crippen LogP contribution in [0.1, 0.15) is 46.1 Å². The van der Waals surface area contributed by atoms with Crippen LogP contribution in [-0.2, 0) is 26.1 Å². The maximum absolute atomic E-state index is 13.5. The molecule has 0 saturated carbocycles. The standard InChI is InChI=1S/C26H32ClN3O5S/c1-18(5-12-24(28)31)16-29(36(33,34)22-9-7-21(27)8-10-22)17-19-6-11-23-20(15-19)13-14-30(23)25(32)35-26(2,3)4/h6-11,13-15,18H,5,12,16-17H2,1-4H3,(H2,28,31). The van der Waals surface area contributed by atoms with Crippen LogP contribution in [0.5, 0.6) is 0 Å². The minimum atomic E-state index is -3.85. The fraction of sp³-hybridized carbons (Fsp3) is 0.385. The number of benzene rings is 2. The van der Waals surface area contributed by atoms with Crippen molar-refractivity contribution in [2.45, 2.75) is 57.6 Å². The topological polar surface area (TPSA) is 112 Å². The van der Waals surface area contributed by atoms with Gasteiger partial charge < -0.3 is 10.5 Å². The van der Waals surface area contributed by atoms with Gasteiger partial charge in [0.2, 0.25) is 15.9 Å². The number of halogens is 1. The van der Waals surface area contributed by atoms with Crippen LogP contribution in [0.15, 0.2) is 59.6 Å². The molecule has 0 aliphatic carbocycles. The number of aromatic nitrogens is 1. The number of hydrogen-bond acceptors (Lipinski definition) is 5. The second-order valence-electron chi connectivity index (χ2n) is 9.92. The van der Waals surface area contributed by atoms with Gasteiger partial charge in [0.25, 0.3) is 0 Å². The molecule has 8 nitrogen and oxygen atoms in total. The van der Waals surface area contributed by atoms with Gasteiger partial charge >= 0.3 is 6.09 Å². The number of fused-ring (bicyclic) bond motifs is 1. The highest BCUT2D eigenvalue weighted by Crippen LogP contribution is 2.25. The molecule has 2 N–H and O–H groups in total. The first-order chi connectivity index (χ1) is 16.8. The van der Waals surface area contributed by atoms with Crippen molar-refractivity contribution in [3.05, 3.63) is 65.3 Å². The number of carbonyl (C=O) groups excluding carboxylic acids is 2. The molecule has 0 saturated heterocycles. The van der Waals surface area contributed by atoms with Crippen LogP contribution in [0, 0.1) is 5.92 Å². The molecule has 194 valence electrons. The highest BCUT2D eigenvalue weighted by Gasteiger charge is 2.27. The van der Waals surface area contributed by atoms with Gasteiger partial charge in [-0.05, 0) is 81.1 Å². The molecule has 36 heavy (non-hydrogen) atoms. The van der Waals surface area contributed by atoms with Crippen LogP contribution in [0.25, 0.3) is 10.9 Å². The van der Waals surface area contributed by atoms with E-state index in [1.54, 1.807) is 45.2 Å². The minimum Gasteiger partial charge on any atom is -0.443 e. The summed E-state index contributed by atoms with van der Waals surface area (Å²) in [5.74, 6) is -0.523. The summed E-state index contributed by atoms with van der Waals surface area (Å²) in [6, 6.07) is 13.2. The molecule has 0 fully saturated rings. The number of nitrogens with two attached hydrogens (primary N) is 1. The van der Waals surface area contributed by atoms with Crippen molar-refractivity contribution in [3.63, 3.8) is 0 Å². The maximum Gasteiger partial charge on any atom is 0.418 e. The van der Waals surface area contributed by atoms with Gasteiger partial charge in [-0.25, -0.2) is 13.2 Å². The quantitative estimate of drug-likeness (QED) is 0.408. The number of sulfonamides is 1. The van der Waals surface area contributed by atoms with Crippen LogP contribution in [0.4, 0.5) is 4.79 Å². The third-order valence-electron chi connectivity index (χ3n) is 5.55. The maximum atomic E-state index is 13.5. The second kappa shape index (κ2) is 11.0. The Balaban J connectivity index is 1.91. The van der Waals surface area contributed by atoms with Gasteiger partial charge in [0.15, 0.2) is 0 Å². The largest absolute Gasteiger partial charge is 0.443 e. The molecule has 2 aromatic carbocycles. The van der Waals surface area contributed by atoms with Gasteiger partial charge in [-0.2, -0.15) is 4.31 Å². The van der Waals surface area contributed by atoms with E-state index in [0.29, 0.717) is 17.0 Å². The molecule has 10 heteroatoms. The Morgan fingerprint density at radius 1 is 1.11 bits per heavy atom. The van der Waals surface area contributed by atoms with E-state index in [4.69, 9.17) is 22.1 Å². The summed E-state index contributed by atoms with van der Waals surface area (Å²) >= 11 is 5.95. The van der Waals surface area contributed by atoms with E-state index in [-0.39, 0.29) is 30.3 Å². The molecule has 3 rings (SSSR count). The monoisotopic (exact) mass is 533 g/mol. The first kappa shape index (κ1) is 27.7. The molecule has 0 aliphatic rings. The van der Waals surface area contributed by atoms with E-state index in [1.807, 2.05) is 13.0 Å². The van der Waals surface area contributed by atoms with Crippen molar-refractivity contribution in [1.29, 1.82) is 0 Å². The SMILES string of the molecule is CC(CCC(N)=O)CN(Cc1ccc2c(ccn2C(=O)OC(C)(C)C)c1)S(=O)(=O)c1ccc(Cl)cc1. The number of primary amides is 1. The Bertz CT molecular complexity index is 1340. The molecule has 1 atom stereocenters. The molecule has 3 aromatic rings. The van der Waals surface area contributed by atoms with Crippen molar-refractivity contribution in [2.24, 2.45) is 11.7 Å². The van der Waals surface area contributed by atoms with Crippen molar-refractivity contribution in [2.75, 3.05) is 6.54 Å². The Labute approximate surface area is 217 Å². The number of ether oxygens (including phenoxy) is 1. The van der Waals surface area contributed by atoms with Crippen molar-refractivity contribution < 1.29 is 22.7 Å². The lowest BCUT2D eigenvalue weighted by Gasteiger charge is -2.25. The van der Waals surface area contributed by atoms with E-state index >= 15 is 0 Å². The van der Waals surface area contributed by atoms with Crippen molar-refractivity contribution in [3.8, 4) is 0 Å². The summed E-state index contributed by atoms with van der Waals surface area (Å²) < 4.78 is 35.4. The summed E-state index contributed by atoms with van der Waals surface area (Å²) in [5, 5.41) is 1.22. The molecule has 1 amide bonds. The zero-order valence-corrected chi connectivity index (χ0v) is 22.5. The molecule has 1 unspecified atom stereocenters. The lowest BCUT2D eigenvalue weighted by atomic mass is 10.1. The fourth-order valence-corrected chi connectivity index (χ4v) is 5.47. The Hall–Kier alpha value is -2.88. The first-order valence-electron chi connectivity index (χ1n) is 11.6. The molecule has 0 bridgehead atoms. The van der Waals surface area contributed by atoms with Gasteiger partial charge in [0.1, 0.15) is 5.60 Å². The van der Waals surface area contributed by atoms with E-state index in [9.17, 15) is 18.0 Å². The highest BCUT2D eigenvalue weighted by atomic mass is 35.5. The Morgan fingerprint density at radius 3 is 2.39 bits per heavy atom. The van der Waals surface area contributed by atoms with Crippen LogP contribution in [-0.4, -0.2) is 41.4 Å². The molecule has 0 radical (unpaired) electrons. The van der Waals surface area contributed by atoms with Crippen LogP contribution in [0.2, 0.25) is 5.02 Å². The van der Waals surface area contributed by atoms with E-state index in [0.717, 1.165) is 10.9 Å². The van der Waals surface area contributed by atoms with E-state index < -0.39 is 27.6 Å². The Morgan fingerprint density at radius 2 is 1.78 bits per heavy atom. The highest BCUT2D eigenvalue weighted by molar-refractivity contribution is 7.89. The number of amides is 1. The number of hydrogen-bond donors (Lipinski definition) is 1. The third-order valence-corrected chi connectivity index (χ3v) is 7.63. The predicted molar refractivity (Wildman–Crippen MR) is 140 cm³/mol. The Kier molecular flexibility index (Phi) is 8.48. The number of nitrogens with zero attached hydrogens (tertiary/aromatic N) is 2. The summed E-state index contributed by atoms with van der Waals surface area (Å²) in [7, 11) is -3.85. The van der Waals surface area contributed by atoms with Gasteiger partial charge in [-0.1, -0.05) is 24.6 Å². The first-order valence-corrected chi connectivity index (χ1v) is 13.5. The zero-order valence-electron chi connectivity index (χ0n) is 20.9.